The van der Waals surface area contributed by atoms with Crippen molar-refractivity contribution in [3.05, 3.63) is 59.7 Å². The van der Waals surface area contributed by atoms with Crippen molar-refractivity contribution in [2.45, 2.75) is 33.1 Å². The van der Waals surface area contributed by atoms with Crippen molar-refractivity contribution >= 4 is 5.78 Å². The third-order valence-corrected chi connectivity index (χ3v) is 4.23. The summed E-state index contributed by atoms with van der Waals surface area (Å²) >= 11 is 0. The quantitative estimate of drug-likeness (QED) is 0.670. The number of carbonyl (C=O) groups is 1. The highest BCUT2D eigenvalue weighted by Crippen LogP contribution is 2.35. The number of carbonyl (C=O) groups excluding carboxylic acids is 1. The van der Waals surface area contributed by atoms with Gasteiger partial charge in [0.1, 0.15) is 0 Å². The minimum atomic E-state index is 0.114. The predicted octanol–water partition coefficient (Wildman–Crippen LogP) is 4.90. The molecule has 0 saturated carbocycles. The van der Waals surface area contributed by atoms with Gasteiger partial charge in [-0.2, -0.15) is 0 Å². The molecule has 0 heterocycles. The zero-order valence-electron chi connectivity index (χ0n) is 12.1. The van der Waals surface area contributed by atoms with Crippen LogP contribution in [0.5, 0.6) is 0 Å². The van der Waals surface area contributed by atoms with E-state index in [-0.39, 0.29) is 5.41 Å². The average molecular weight is 264 g/mol. The third-order valence-electron chi connectivity index (χ3n) is 4.23. The molecule has 0 fully saturated rings. The molecule has 0 aliphatic heterocycles. The summed E-state index contributed by atoms with van der Waals surface area (Å²) in [5, 5.41) is 0. The summed E-state index contributed by atoms with van der Waals surface area (Å²) in [6.45, 7) is 4.38. The number of hydrogen-bond acceptors (Lipinski definition) is 1. The fourth-order valence-electron chi connectivity index (χ4n) is 2.96. The van der Waals surface area contributed by atoms with E-state index < -0.39 is 0 Å². The molecular formula is C19H20O. The van der Waals surface area contributed by atoms with Crippen molar-refractivity contribution in [1.82, 2.24) is 0 Å². The molecule has 2 aromatic carbocycles. The van der Waals surface area contributed by atoms with Crippen LogP contribution in [-0.2, 0) is 6.42 Å². The van der Waals surface area contributed by atoms with E-state index >= 15 is 0 Å². The van der Waals surface area contributed by atoms with Crippen molar-refractivity contribution in [2.24, 2.45) is 5.41 Å². The minimum Gasteiger partial charge on any atom is -0.294 e. The van der Waals surface area contributed by atoms with Gasteiger partial charge in [-0.25, -0.2) is 0 Å². The minimum absolute atomic E-state index is 0.114. The lowest BCUT2D eigenvalue weighted by Crippen LogP contribution is -2.14. The summed E-state index contributed by atoms with van der Waals surface area (Å²) in [7, 11) is 0. The second-order valence-corrected chi connectivity index (χ2v) is 6.50. The van der Waals surface area contributed by atoms with Crippen LogP contribution in [0, 0.1) is 5.41 Å². The van der Waals surface area contributed by atoms with Gasteiger partial charge in [-0.3, -0.25) is 4.79 Å². The molecule has 0 N–H and O–H groups in total. The van der Waals surface area contributed by atoms with E-state index in [2.05, 4.69) is 44.2 Å². The number of Topliss-reactive ketones (excluding diaryl/α,β-unsaturated/α-hetero) is 1. The van der Waals surface area contributed by atoms with Crippen LogP contribution in [0.1, 0.15) is 42.6 Å². The van der Waals surface area contributed by atoms with Crippen LogP contribution in [0.25, 0.3) is 11.1 Å². The number of rotatable bonds is 1. The predicted molar refractivity (Wildman–Crippen MR) is 82.9 cm³/mol. The molecule has 0 unspecified atom stereocenters. The third kappa shape index (κ3) is 2.53. The Kier molecular flexibility index (Phi) is 3.21. The van der Waals surface area contributed by atoms with Crippen LogP contribution >= 0.6 is 0 Å². The smallest absolute Gasteiger partial charge is 0.163 e. The van der Waals surface area contributed by atoms with E-state index in [1.807, 2.05) is 18.2 Å². The Morgan fingerprint density at radius 2 is 1.70 bits per heavy atom. The molecule has 0 amide bonds. The highest BCUT2D eigenvalue weighted by Gasteiger charge is 2.28. The van der Waals surface area contributed by atoms with Crippen LogP contribution in [0.3, 0.4) is 0 Å². The Hall–Kier alpha value is -1.89. The molecule has 0 spiro atoms. The molecule has 0 bridgehead atoms. The van der Waals surface area contributed by atoms with E-state index in [9.17, 15) is 4.79 Å². The Morgan fingerprint density at radius 3 is 2.45 bits per heavy atom. The van der Waals surface area contributed by atoms with E-state index in [1.54, 1.807) is 0 Å². The first kappa shape index (κ1) is 13.1. The SMILES string of the molecule is CC1(C)CCc2ccc(-c3ccccc3)cc2C(=O)C1. The molecule has 1 aliphatic carbocycles. The Balaban J connectivity index is 2.04. The van der Waals surface area contributed by atoms with Gasteiger partial charge in [0.15, 0.2) is 5.78 Å². The first-order valence-electron chi connectivity index (χ1n) is 7.27. The van der Waals surface area contributed by atoms with Crippen molar-refractivity contribution in [2.75, 3.05) is 0 Å². The van der Waals surface area contributed by atoms with Gasteiger partial charge in [0.2, 0.25) is 0 Å². The summed E-state index contributed by atoms with van der Waals surface area (Å²) in [4.78, 5) is 12.5. The lowest BCUT2D eigenvalue weighted by Gasteiger charge is -2.20. The van der Waals surface area contributed by atoms with E-state index in [0.717, 1.165) is 24.0 Å². The average Bonchev–Trinajstić information content (AvgIpc) is 2.56. The number of hydrogen-bond donors (Lipinski definition) is 0. The zero-order chi connectivity index (χ0) is 14.2. The van der Waals surface area contributed by atoms with Gasteiger partial charge in [-0.1, -0.05) is 56.3 Å². The first-order chi connectivity index (χ1) is 9.55. The number of benzene rings is 2. The van der Waals surface area contributed by atoms with Crippen LogP contribution in [0.15, 0.2) is 48.5 Å². The molecular weight excluding hydrogens is 244 g/mol. The normalized spacial score (nSPS) is 17.4. The molecule has 0 atom stereocenters. The second-order valence-electron chi connectivity index (χ2n) is 6.50. The molecule has 0 radical (unpaired) electrons. The second kappa shape index (κ2) is 4.90. The first-order valence-corrected chi connectivity index (χ1v) is 7.27. The Bertz CT molecular complexity index is 638. The Morgan fingerprint density at radius 1 is 0.950 bits per heavy atom. The topological polar surface area (TPSA) is 17.1 Å². The molecule has 0 saturated heterocycles. The largest absolute Gasteiger partial charge is 0.294 e. The van der Waals surface area contributed by atoms with Gasteiger partial charge >= 0.3 is 0 Å². The van der Waals surface area contributed by atoms with Crippen LogP contribution in [0.2, 0.25) is 0 Å². The summed E-state index contributed by atoms with van der Waals surface area (Å²) in [6.07, 6.45) is 2.73. The van der Waals surface area contributed by atoms with E-state index in [1.165, 1.54) is 11.1 Å². The van der Waals surface area contributed by atoms with Gasteiger partial charge in [-0.15, -0.1) is 0 Å². The molecule has 1 heteroatoms. The van der Waals surface area contributed by atoms with Crippen molar-refractivity contribution in [1.29, 1.82) is 0 Å². The standard InChI is InChI=1S/C19H20O/c1-19(2)11-10-15-8-9-16(12-17(15)18(20)13-19)14-6-4-3-5-7-14/h3-9,12H,10-11,13H2,1-2H3. The summed E-state index contributed by atoms with van der Waals surface area (Å²) in [5.41, 5.74) is 4.56. The van der Waals surface area contributed by atoms with Crippen LogP contribution in [0.4, 0.5) is 0 Å². The molecule has 20 heavy (non-hydrogen) atoms. The molecule has 1 nitrogen and oxygen atoms in total. The number of fused-ring (bicyclic) bond motifs is 1. The highest BCUT2D eigenvalue weighted by molar-refractivity contribution is 5.99. The lowest BCUT2D eigenvalue weighted by atomic mass is 9.84. The summed E-state index contributed by atoms with van der Waals surface area (Å²) in [6, 6.07) is 16.6. The maximum Gasteiger partial charge on any atom is 0.163 e. The van der Waals surface area contributed by atoms with Gasteiger partial charge in [0.25, 0.3) is 0 Å². The summed E-state index contributed by atoms with van der Waals surface area (Å²) in [5.74, 6) is 0.292. The zero-order valence-corrected chi connectivity index (χ0v) is 12.1. The molecule has 1 aliphatic rings. The molecule has 3 rings (SSSR count). The maximum absolute atomic E-state index is 12.5. The van der Waals surface area contributed by atoms with E-state index in [4.69, 9.17) is 0 Å². The van der Waals surface area contributed by atoms with Gasteiger partial charge in [0.05, 0.1) is 0 Å². The van der Waals surface area contributed by atoms with Crippen LogP contribution < -0.4 is 0 Å². The lowest BCUT2D eigenvalue weighted by molar-refractivity contribution is 0.0934. The Labute approximate surface area is 120 Å². The number of ketones is 1. The molecule has 2 aromatic rings. The van der Waals surface area contributed by atoms with Gasteiger partial charge < -0.3 is 0 Å². The maximum atomic E-state index is 12.5. The van der Waals surface area contributed by atoms with E-state index in [0.29, 0.717) is 12.2 Å². The number of aryl methyl sites for hydroxylation is 1. The van der Waals surface area contributed by atoms with Crippen LogP contribution in [-0.4, -0.2) is 5.78 Å². The van der Waals surface area contributed by atoms with Crippen molar-refractivity contribution in [3.8, 4) is 11.1 Å². The summed E-state index contributed by atoms with van der Waals surface area (Å²) < 4.78 is 0. The van der Waals surface area contributed by atoms with Crippen molar-refractivity contribution < 1.29 is 4.79 Å². The molecule has 0 aromatic heterocycles. The fraction of sp³-hybridized carbons (Fsp3) is 0.316. The monoisotopic (exact) mass is 264 g/mol. The highest BCUT2D eigenvalue weighted by atomic mass is 16.1. The molecule has 102 valence electrons. The van der Waals surface area contributed by atoms with Gasteiger partial charge in [0, 0.05) is 12.0 Å². The fourth-order valence-corrected chi connectivity index (χ4v) is 2.96. The van der Waals surface area contributed by atoms with Crippen molar-refractivity contribution in [3.63, 3.8) is 0 Å². The van der Waals surface area contributed by atoms with Gasteiger partial charge in [-0.05, 0) is 41.0 Å².